The van der Waals surface area contributed by atoms with Gasteiger partial charge in [0.2, 0.25) is 0 Å². The average molecular weight is 239 g/mol. The lowest BCUT2D eigenvalue weighted by atomic mass is 10.2. The van der Waals surface area contributed by atoms with Crippen molar-refractivity contribution in [3.8, 4) is 0 Å². The maximum Gasteiger partial charge on any atom is 0.178 e. The molecule has 0 amide bonds. The molecule has 0 bridgehead atoms. The molecule has 90 valence electrons. The van der Waals surface area contributed by atoms with Crippen molar-refractivity contribution in [2.75, 3.05) is 13.7 Å². The molecule has 0 aliphatic heterocycles. The van der Waals surface area contributed by atoms with Crippen LogP contribution < -0.4 is 0 Å². The number of hydrogen-bond acceptors (Lipinski definition) is 2. The summed E-state index contributed by atoms with van der Waals surface area (Å²) in [5.74, 6) is -1.44. The third-order valence-corrected chi connectivity index (χ3v) is 2.46. The minimum Gasteiger partial charge on any atom is -0.377 e. The van der Waals surface area contributed by atoms with Gasteiger partial charge >= 0.3 is 0 Å². The highest BCUT2D eigenvalue weighted by atomic mass is 19.1. The maximum absolute atomic E-state index is 13.4. The standard InChI is InChI=1S/C12H11F2NO2/c1-17-7-9(16)6-15-3-2-10-11(14)4-8(13)5-12(10)15/h2-5H,6-7H2,1H3. The highest BCUT2D eigenvalue weighted by Gasteiger charge is 2.10. The molecule has 0 saturated heterocycles. The number of hydrogen-bond donors (Lipinski definition) is 0. The van der Waals surface area contributed by atoms with Crippen molar-refractivity contribution in [3.05, 3.63) is 36.0 Å². The molecule has 0 atom stereocenters. The maximum atomic E-state index is 13.4. The SMILES string of the molecule is COCC(=O)Cn1ccc2c(F)cc(F)cc21. The third kappa shape index (κ3) is 2.34. The van der Waals surface area contributed by atoms with E-state index in [1.807, 2.05) is 0 Å². The van der Waals surface area contributed by atoms with Crippen LogP contribution in [0.15, 0.2) is 24.4 Å². The van der Waals surface area contributed by atoms with Gasteiger partial charge < -0.3 is 9.30 Å². The fraction of sp³-hybridized carbons (Fsp3) is 0.250. The predicted molar refractivity (Wildman–Crippen MR) is 58.7 cm³/mol. The van der Waals surface area contributed by atoms with E-state index in [9.17, 15) is 13.6 Å². The number of halogens is 2. The summed E-state index contributed by atoms with van der Waals surface area (Å²) >= 11 is 0. The van der Waals surface area contributed by atoms with E-state index in [2.05, 4.69) is 0 Å². The van der Waals surface area contributed by atoms with Crippen molar-refractivity contribution in [2.45, 2.75) is 6.54 Å². The molecule has 0 aliphatic carbocycles. The van der Waals surface area contributed by atoms with E-state index in [-0.39, 0.29) is 18.9 Å². The second-order valence-electron chi connectivity index (χ2n) is 3.74. The zero-order chi connectivity index (χ0) is 12.4. The quantitative estimate of drug-likeness (QED) is 0.818. The number of benzene rings is 1. The van der Waals surface area contributed by atoms with Gasteiger partial charge in [-0.3, -0.25) is 4.79 Å². The molecule has 0 unspecified atom stereocenters. The monoisotopic (exact) mass is 239 g/mol. The van der Waals surface area contributed by atoms with E-state index in [0.29, 0.717) is 10.9 Å². The molecule has 1 aromatic heterocycles. The number of carbonyl (C=O) groups excluding carboxylic acids is 1. The van der Waals surface area contributed by atoms with Gasteiger partial charge in [0.05, 0.1) is 12.1 Å². The number of Topliss-reactive ketones (excluding diaryl/α,β-unsaturated/α-hetero) is 1. The van der Waals surface area contributed by atoms with Crippen LogP contribution in [-0.2, 0) is 16.1 Å². The summed E-state index contributed by atoms with van der Waals surface area (Å²) in [7, 11) is 1.42. The van der Waals surface area contributed by atoms with Crippen molar-refractivity contribution in [1.29, 1.82) is 0 Å². The summed E-state index contributed by atoms with van der Waals surface area (Å²) in [6, 6.07) is 3.55. The summed E-state index contributed by atoms with van der Waals surface area (Å²) < 4.78 is 32.7. The molecule has 0 aliphatic rings. The third-order valence-electron chi connectivity index (χ3n) is 2.46. The Morgan fingerprint density at radius 3 is 2.88 bits per heavy atom. The van der Waals surface area contributed by atoms with Crippen LogP contribution in [0.5, 0.6) is 0 Å². The second kappa shape index (κ2) is 4.63. The molecule has 0 radical (unpaired) electrons. The molecule has 0 N–H and O–H groups in total. The van der Waals surface area contributed by atoms with Crippen LogP contribution >= 0.6 is 0 Å². The van der Waals surface area contributed by atoms with Gasteiger partial charge in [-0.15, -0.1) is 0 Å². The summed E-state index contributed by atoms with van der Waals surface area (Å²) in [6.45, 7) is 0.0255. The molecule has 1 heterocycles. The van der Waals surface area contributed by atoms with Gasteiger partial charge in [0, 0.05) is 24.8 Å². The molecule has 17 heavy (non-hydrogen) atoms. The lowest BCUT2D eigenvalue weighted by Crippen LogP contribution is -2.14. The Morgan fingerprint density at radius 1 is 1.41 bits per heavy atom. The van der Waals surface area contributed by atoms with Crippen LogP contribution in [0, 0.1) is 11.6 Å². The predicted octanol–water partition coefficient (Wildman–Crippen LogP) is 2.13. The van der Waals surface area contributed by atoms with Gasteiger partial charge in [0.1, 0.15) is 18.2 Å². The van der Waals surface area contributed by atoms with E-state index >= 15 is 0 Å². The van der Waals surface area contributed by atoms with Crippen molar-refractivity contribution in [1.82, 2.24) is 4.57 Å². The molecule has 0 spiro atoms. The fourth-order valence-corrected chi connectivity index (χ4v) is 1.75. The number of fused-ring (bicyclic) bond motifs is 1. The highest BCUT2D eigenvalue weighted by Crippen LogP contribution is 2.20. The van der Waals surface area contributed by atoms with Crippen molar-refractivity contribution in [2.24, 2.45) is 0 Å². The number of rotatable bonds is 4. The highest BCUT2D eigenvalue weighted by molar-refractivity contribution is 5.85. The van der Waals surface area contributed by atoms with Gasteiger partial charge in [-0.25, -0.2) is 8.78 Å². The molecular formula is C12H11F2NO2. The van der Waals surface area contributed by atoms with Crippen molar-refractivity contribution >= 4 is 16.7 Å². The molecular weight excluding hydrogens is 228 g/mol. The van der Waals surface area contributed by atoms with E-state index in [1.54, 1.807) is 6.20 Å². The zero-order valence-corrected chi connectivity index (χ0v) is 9.24. The number of ether oxygens (including phenoxy) is 1. The Morgan fingerprint density at radius 2 is 2.18 bits per heavy atom. The Labute approximate surface area is 96.6 Å². The van der Waals surface area contributed by atoms with E-state index in [4.69, 9.17) is 4.74 Å². The first kappa shape index (κ1) is 11.7. The fourth-order valence-electron chi connectivity index (χ4n) is 1.75. The number of aromatic nitrogens is 1. The van der Waals surface area contributed by atoms with Gasteiger partial charge in [-0.05, 0) is 12.1 Å². The Bertz CT molecular complexity index is 563. The first-order valence-corrected chi connectivity index (χ1v) is 5.06. The second-order valence-corrected chi connectivity index (χ2v) is 3.74. The first-order chi connectivity index (χ1) is 8.11. The average Bonchev–Trinajstić information content (AvgIpc) is 2.62. The lowest BCUT2D eigenvalue weighted by molar-refractivity contribution is -0.123. The van der Waals surface area contributed by atoms with Crippen LogP contribution in [-0.4, -0.2) is 24.1 Å². The number of nitrogens with zero attached hydrogens (tertiary/aromatic N) is 1. The minimum absolute atomic E-state index is 0.0164. The summed E-state index contributed by atoms with van der Waals surface area (Å²) in [6.07, 6.45) is 1.56. The zero-order valence-electron chi connectivity index (χ0n) is 9.24. The number of ketones is 1. The Kier molecular flexibility index (Phi) is 3.19. The molecule has 0 saturated carbocycles. The topological polar surface area (TPSA) is 31.2 Å². The summed E-state index contributed by atoms with van der Waals surface area (Å²) in [5.41, 5.74) is 0.368. The smallest absolute Gasteiger partial charge is 0.178 e. The molecule has 3 nitrogen and oxygen atoms in total. The van der Waals surface area contributed by atoms with Crippen LogP contribution in [0.3, 0.4) is 0 Å². The van der Waals surface area contributed by atoms with E-state index in [1.165, 1.54) is 23.8 Å². The van der Waals surface area contributed by atoms with Crippen LogP contribution in [0.4, 0.5) is 8.78 Å². The molecule has 2 rings (SSSR count). The van der Waals surface area contributed by atoms with Crippen molar-refractivity contribution in [3.63, 3.8) is 0 Å². The largest absolute Gasteiger partial charge is 0.377 e. The molecule has 0 fully saturated rings. The van der Waals surface area contributed by atoms with Crippen LogP contribution in [0.1, 0.15) is 0 Å². The number of methoxy groups -OCH3 is 1. The van der Waals surface area contributed by atoms with Crippen molar-refractivity contribution < 1.29 is 18.3 Å². The summed E-state index contributed by atoms with van der Waals surface area (Å²) in [4.78, 5) is 11.4. The normalized spacial score (nSPS) is 11.0. The number of carbonyl (C=O) groups is 1. The lowest BCUT2D eigenvalue weighted by Gasteiger charge is -2.04. The summed E-state index contributed by atoms with van der Waals surface area (Å²) in [5, 5.41) is 0.302. The van der Waals surface area contributed by atoms with Gasteiger partial charge in [-0.2, -0.15) is 0 Å². The van der Waals surface area contributed by atoms with Crippen LogP contribution in [0.2, 0.25) is 0 Å². The van der Waals surface area contributed by atoms with Crippen LogP contribution in [0.25, 0.3) is 10.9 Å². The van der Waals surface area contributed by atoms with Gasteiger partial charge in [0.15, 0.2) is 5.78 Å². The Hall–Kier alpha value is -1.75. The first-order valence-electron chi connectivity index (χ1n) is 5.06. The van der Waals surface area contributed by atoms with Gasteiger partial charge in [-0.1, -0.05) is 0 Å². The Balaban J connectivity index is 2.39. The molecule has 1 aromatic carbocycles. The van der Waals surface area contributed by atoms with E-state index < -0.39 is 11.6 Å². The van der Waals surface area contributed by atoms with Gasteiger partial charge in [0.25, 0.3) is 0 Å². The molecule has 5 heteroatoms. The minimum atomic E-state index is -0.658. The molecule has 2 aromatic rings. The van der Waals surface area contributed by atoms with E-state index in [0.717, 1.165) is 6.07 Å².